The van der Waals surface area contributed by atoms with Crippen LogP contribution in [-0.4, -0.2) is 43.0 Å². The Balaban J connectivity index is 2.07. The normalized spacial score (nSPS) is 18.0. The Morgan fingerprint density at radius 1 is 1.50 bits per heavy atom. The van der Waals surface area contributed by atoms with Crippen LogP contribution >= 0.6 is 0 Å². The second-order valence-corrected chi connectivity index (χ2v) is 4.91. The first-order valence-electron chi connectivity index (χ1n) is 6.87. The molecule has 1 aliphatic heterocycles. The molecule has 0 spiro atoms. The van der Waals surface area contributed by atoms with Gasteiger partial charge in [-0.25, -0.2) is 4.79 Å². The van der Waals surface area contributed by atoms with Crippen LogP contribution in [0.2, 0.25) is 0 Å². The second kappa shape index (κ2) is 6.41. The maximum Gasteiger partial charge on any atom is 0.318 e. The Kier molecular flexibility index (Phi) is 4.61. The Bertz CT molecular complexity index is 502. The predicted molar refractivity (Wildman–Crippen MR) is 76.1 cm³/mol. The molecule has 0 aromatic heterocycles. The molecule has 2 rings (SSSR count). The van der Waals surface area contributed by atoms with Crippen LogP contribution in [0.25, 0.3) is 0 Å². The van der Waals surface area contributed by atoms with E-state index in [1.54, 1.807) is 36.3 Å². The lowest BCUT2D eigenvalue weighted by Crippen LogP contribution is -2.38. The maximum atomic E-state index is 12.3. The Hall–Kier alpha value is -2.04. The number of urea groups is 1. The number of nitrogens with one attached hydrogen (secondary N) is 1. The third-order valence-electron chi connectivity index (χ3n) is 3.52. The number of carbonyl (C=O) groups is 2. The lowest BCUT2D eigenvalue weighted by molar-refractivity contribution is 0.0935. The molecule has 0 bridgehead atoms. The minimum Gasteiger partial charge on any atom is -0.497 e. The molecule has 1 atom stereocenters. The van der Waals surface area contributed by atoms with E-state index in [0.29, 0.717) is 17.9 Å². The van der Waals surface area contributed by atoms with Crippen LogP contribution in [-0.2, 0) is 0 Å². The lowest BCUT2D eigenvalue weighted by atomic mass is 10.1. The van der Waals surface area contributed by atoms with Crippen molar-refractivity contribution in [1.82, 2.24) is 10.2 Å². The van der Waals surface area contributed by atoms with E-state index < -0.39 is 0 Å². The Morgan fingerprint density at radius 2 is 2.30 bits per heavy atom. The molecule has 5 nitrogen and oxygen atoms in total. The number of ketones is 1. The third-order valence-corrected chi connectivity index (χ3v) is 3.52. The van der Waals surface area contributed by atoms with Gasteiger partial charge in [-0.1, -0.05) is 25.5 Å². The number of Topliss-reactive ketones (excluding diaryl/α,β-unsaturated/α-hetero) is 1. The quantitative estimate of drug-likeness (QED) is 0.809. The molecule has 1 aromatic carbocycles. The van der Waals surface area contributed by atoms with Gasteiger partial charge in [-0.2, -0.15) is 0 Å². The van der Waals surface area contributed by atoms with Crippen LogP contribution in [0.15, 0.2) is 24.3 Å². The van der Waals surface area contributed by atoms with Gasteiger partial charge in [0.05, 0.1) is 19.7 Å². The number of nitrogens with zero attached hydrogens (tertiary/aromatic N) is 1. The number of hydrogen-bond acceptors (Lipinski definition) is 3. The van der Waals surface area contributed by atoms with Crippen molar-refractivity contribution >= 4 is 11.8 Å². The van der Waals surface area contributed by atoms with E-state index in [1.165, 1.54) is 0 Å². The zero-order chi connectivity index (χ0) is 14.5. The molecule has 0 unspecified atom stereocenters. The standard InChI is InChI=1S/C15H20N2O3/c1-3-5-12-9-16-15(19)17(12)10-14(18)11-6-4-7-13(8-11)20-2/h4,6-8,12H,3,5,9-10H2,1-2H3,(H,16,19)/t12-/m0/s1. The summed E-state index contributed by atoms with van der Waals surface area (Å²) < 4.78 is 5.11. The summed E-state index contributed by atoms with van der Waals surface area (Å²) in [5.74, 6) is 0.578. The highest BCUT2D eigenvalue weighted by atomic mass is 16.5. The first-order valence-corrected chi connectivity index (χ1v) is 6.87. The van der Waals surface area contributed by atoms with Crippen LogP contribution in [0, 0.1) is 0 Å². The van der Waals surface area contributed by atoms with E-state index in [-0.39, 0.29) is 24.4 Å². The van der Waals surface area contributed by atoms with E-state index >= 15 is 0 Å². The van der Waals surface area contributed by atoms with E-state index in [0.717, 1.165) is 12.8 Å². The summed E-state index contributed by atoms with van der Waals surface area (Å²) in [7, 11) is 1.56. The molecule has 0 saturated carbocycles. The first kappa shape index (κ1) is 14.4. The van der Waals surface area contributed by atoms with E-state index in [2.05, 4.69) is 12.2 Å². The smallest absolute Gasteiger partial charge is 0.318 e. The Labute approximate surface area is 118 Å². The second-order valence-electron chi connectivity index (χ2n) is 4.91. The van der Waals surface area contributed by atoms with Crippen molar-refractivity contribution in [1.29, 1.82) is 0 Å². The van der Waals surface area contributed by atoms with Crippen molar-refractivity contribution in [3.63, 3.8) is 0 Å². The fourth-order valence-electron chi connectivity index (χ4n) is 2.42. The van der Waals surface area contributed by atoms with Gasteiger partial charge in [0.2, 0.25) is 0 Å². The average Bonchev–Trinajstić information content (AvgIpc) is 2.81. The van der Waals surface area contributed by atoms with Crippen molar-refractivity contribution in [3.05, 3.63) is 29.8 Å². The highest BCUT2D eigenvalue weighted by molar-refractivity contribution is 5.99. The highest BCUT2D eigenvalue weighted by Crippen LogP contribution is 2.16. The zero-order valence-corrected chi connectivity index (χ0v) is 11.9. The molecule has 1 fully saturated rings. The summed E-state index contributed by atoms with van der Waals surface area (Å²) in [6, 6.07) is 6.97. The molecule has 1 aliphatic rings. The van der Waals surface area contributed by atoms with Crippen molar-refractivity contribution < 1.29 is 14.3 Å². The number of benzene rings is 1. The molecule has 1 N–H and O–H groups in total. The van der Waals surface area contributed by atoms with Gasteiger partial charge in [0, 0.05) is 12.1 Å². The summed E-state index contributed by atoms with van der Waals surface area (Å²) in [4.78, 5) is 25.7. The summed E-state index contributed by atoms with van der Waals surface area (Å²) in [6.45, 7) is 2.81. The van der Waals surface area contributed by atoms with Crippen molar-refractivity contribution in [2.45, 2.75) is 25.8 Å². The Morgan fingerprint density at radius 3 is 3.00 bits per heavy atom. The molecule has 2 amide bonds. The first-order chi connectivity index (χ1) is 9.65. The van der Waals surface area contributed by atoms with E-state index in [1.807, 2.05) is 0 Å². The largest absolute Gasteiger partial charge is 0.497 e. The molecule has 0 aliphatic carbocycles. The van der Waals surface area contributed by atoms with Crippen LogP contribution in [0.4, 0.5) is 4.79 Å². The van der Waals surface area contributed by atoms with Crippen LogP contribution in [0.3, 0.4) is 0 Å². The molecule has 1 saturated heterocycles. The van der Waals surface area contributed by atoms with E-state index in [4.69, 9.17) is 4.74 Å². The summed E-state index contributed by atoms with van der Waals surface area (Å²) in [6.07, 6.45) is 1.90. The van der Waals surface area contributed by atoms with Crippen molar-refractivity contribution in [2.75, 3.05) is 20.2 Å². The van der Waals surface area contributed by atoms with Crippen molar-refractivity contribution in [2.24, 2.45) is 0 Å². The predicted octanol–water partition coefficient (Wildman–Crippen LogP) is 2.07. The number of methoxy groups -OCH3 is 1. The SMILES string of the molecule is CCC[C@H]1CNC(=O)N1CC(=O)c1cccc(OC)c1. The number of hydrogen-bond donors (Lipinski definition) is 1. The van der Waals surface area contributed by atoms with Crippen LogP contribution < -0.4 is 10.1 Å². The summed E-state index contributed by atoms with van der Waals surface area (Å²) in [5, 5.41) is 2.79. The monoisotopic (exact) mass is 276 g/mol. The third kappa shape index (κ3) is 3.10. The van der Waals surface area contributed by atoms with Crippen molar-refractivity contribution in [3.8, 4) is 5.75 Å². The molecular formula is C15H20N2O3. The average molecular weight is 276 g/mol. The van der Waals surface area contributed by atoms with Gasteiger partial charge < -0.3 is 15.0 Å². The number of rotatable bonds is 6. The molecular weight excluding hydrogens is 256 g/mol. The fraction of sp³-hybridized carbons (Fsp3) is 0.467. The topological polar surface area (TPSA) is 58.6 Å². The molecule has 0 radical (unpaired) electrons. The van der Waals surface area contributed by atoms with Gasteiger partial charge in [0.25, 0.3) is 0 Å². The number of carbonyl (C=O) groups excluding carboxylic acids is 2. The lowest BCUT2D eigenvalue weighted by Gasteiger charge is -2.21. The van der Waals surface area contributed by atoms with Gasteiger partial charge in [-0.3, -0.25) is 4.79 Å². The molecule has 20 heavy (non-hydrogen) atoms. The minimum atomic E-state index is -0.153. The zero-order valence-electron chi connectivity index (χ0n) is 11.9. The number of amides is 2. The van der Waals surface area contributed by atoms with Gasteiger partial charge >= 0.3 is 6.03 Å². The van der Waals surface area contributed by atoms with Gasteiger partial charge in [-0.05, 0) is 18.6 Å². The summed E-state index contributed by atoms with van der Waals surface area (Å²) >= 11 is 0. The maximum absolute atomic E-state index is 12.3. The van der Waals surface area contributed by atoms with Gasteiger partial charge in [-0.15, -0.1) is 0 Å². The molecule has 1 heterocycles. The fourth-order valence-corrected chi connectivity index (χ4v) is 2.42. The number of ether oxygens (including phenoxy) is 1. The van der Waals surface area contributed by atoms with Gasteiger partial charge in [0.1, 0.15) is 5.75 Å². The van der Waals surface area contributed by atoms with E-state index in [9.17, 15) is 9.59 Å². The highest BCUT2D eigenvalue weighted by Gasteiger charge is 2.31. The molecule has 5 heteroatoms. The minimum absolute atomic E-state index is 0.0675. The molecule has 1 aromatic rings. The summed E-state index contributed by atoms with van der Waals surface area (Å²) in [5.41, 5.74) is 0.569. The van der Waals surface area contributed by atoms with Crippen LogP contribution in [0.1, 0.15) is 30.1 Å². The van der Waals surface area contributed by atoms with Crippen LogP contribution in [0.5, 0.6) is 5.75 Å². The van der Waals surface area contributed by atoms with Gasteiger partial charge in [0.15, 0.2) is 5.78 Å². The molecule has 108 valence electrons.